The van der Waals surface area contributed by atoms with Crippen LogP contribution in [0.5, 0.6) is 0 Å². The molecule has 1 unspecified atom stereocenters. The molecule has 1 aliphatic rings. The Labute approximate surface area is 232 Å². The minimum absolute atomic E-state index is 0.0374. The fourth-order valence-corrected chi connectivity index (χ4v) is 5.34. The van der Waals surface area contributed by atoms with Crippen molar-refractivity contribution in [2.24, 2.45) is 0 Å². The van der Waals surface area contributed by atoms with Crippen molar-refractivity contribution in [1.29, 1.82) is 0 Å². The molecule has 208 valence electrons. The van der Waals surface area contributed by atoms with Crippen molar-refractivity contribution in [2.45, 2.75) is 31.7 Å². The van der Waals surface area contributed by atoms with Crippen molar-refractivity contribution >= 4 is 40.7 Å². The molecule has 0 radical (unpaired) electrons. The van der Waals surface area contributed by atoms with Crippen LogP contribution in [-0.4, -0.2) is 49.7 Å². The minimum Gasteiger partial charge on any atom is -0.760 e. The predicted octanol–water partition coefficient (Wildman–Crippen LogP) is 3.13. The number of halogens is 2. The van der Waals surface area contributed by atoms with Crippen LogP contribution in [0.3, 0.4) is 0 Å². The zero-order valence-corrected chi connectivity index (χ0v) is 22.3. The molecule has 1 fully saturated rings. The number of carbonyl (C=O) groups is 1. The van der Waals surface area contributed by atoms with Crippen LogP contribution in [0.2, 0.25) is 0 Å². The van der Waals surface area contributed by atoms with Gasteiger partial charge in [0.1, 0.15) is 23.0 Å². The van der Waals surface area contributed by atoms with Gasteiger partial charge in [0.2, 0.25) is 0 Å². The summed E-state index contributed by atoms with van der Waals surface area (Å²) in [5, 5.41) is 21.7. The van der Waals surface area contributed by atoms with E-state index in [2.05, 4.69) is 5.32 Å². The largest absolute Gasteiger partial charge is 0.760 e. The molecule has 1 heterocycles. The van der Waals surface area contributed by atoms with Gasteiger partial charge >= 0.3 is 7.12 Å². The Bertz CT molecular complexity index is 1590. The van der Waals surface area contributed by atoms with Crippen molar-refractivity contribution in [1.82, 2.24) is 9.62 Å². The highest BCUT2D eigenvalue weighted by Gasteiger charge is 2.30. The molecule has 1 atom stereocenters. The topological polar surface area (TPSA) is 126 Å². The summed E-state index contributed by atoms with van der Waals surface area (Å²) in [6, 6.07) is 13.2. The van der Waals surface area contributed by atoms with Crippen LogP contribution in [0, 0.1) is 11.6 Å². The average Bonchev–Trinajstić information content (AvgIpc) is 3.70. The van der Waals surface area contributed by atoms with E-state index in [0.29, 0.717) is 27.7 Å². The van der Waals surface area contributed by atoms with Gasteiger partial charge in [-0.05, 0) is 84.3 Å². The van der Waals surface area contributed by atoms with E-state index in [1.54, 1.807) is 6.07 Å². The molecule has 0 aliphatic heterocycles. The minimum atomic E-state index is -2.59. The van der Waals surface area contributed by atoms with Crippen molar-refractivity contribution in [3.05, 3.63) is 88.5 Å². The molecule has 0 bridgehead atoms. The molecule has 1 aromatic heterocycles. The molecule has 12 heteroatoms. The van der Waals surface area contributed by atoms with Gasteiger partial charge in [-0.25, -0.2) is 13.1 Å². The highest BCUT2D eigenvalue weighted by atomic mass is 32.2. The van der Waals surface area contributed by atoms with Crippen molar-refractivity contribution in [2.75, 3.05) is 13.6 Å². The Kier molecular flexibility index (Phi) is 8.15. The Hall–Kier alpha value is -3.42. The van der Waals surface area contributed by atoms with E-state index >= 15 is 0 Å². The Morgan fingerprint density at radius 1 is 1.15 bits per heavy atom. The lowest BCUT2D eigenvalue weighted by Crippen LogP contribution is -2.33. The van der Waals surface area contributed by atoms with Gasteiger partial charge in [0.25, 0.3) is 5.91 Å². The molecular weight excluding hydrogens is 541 g/mol. The Morgan fingerprint density at radius 2 is 1.88 bits per heavy atom. The second-order valence-corrected chi connectivity index (χ2v) is 10.7. The van der Waals surface area contributed by atoms with E-state index in [0.717, 1.165) is 30.0 Å². The van der Waals surface area contributed by atoms with Gasteiger partial charge in [-0.2, -0.15) is 0 Å². The number of benzene rings is 3. The summed E-state index contributed by atoms with van der Waals surface area (Å²) < 4.78 is 59.4. The normalized spacial score (nSPS) is 14.1. The van der Waals surface area contributed by atoms with E-state index < -0.39 is 30.0 Å². The molecular formula is C28H26BF2N2O6S-. The third kappa shape index (κ3) is 5.86. The number of amides is 1. The van der Waals surface area contributed by atoms with E-state index in [1.165, 1.54) is 47.8 Å². The highest BCUT2D eigenvalue weighted by Crippen LogP contribution is 2.45. The number of hydrogen-bond donors (Lipinski definition) is 3. The zero-order valence-electron chi connectivity index (χ0n) is 21.5. The van der Waals surface area contributed by atoms with Gasteiger partial charge in [0.15, 0.2) is 0 Å². The average molecular weight is 567 g/mol. The number of rotatable bonds is 10. The first-order valence-electron chi connectivity index (χ1n) is 12.7. The van der Waals surface area contributed by atoms with Crippen LogP contribution in [0.15, 0.2) is 59.0 Å². The van der Waals surface area contributed by atoms with Crippen molar-refractivity contribution in [3.63, 3.8) is 0 Å². The molecule has 0 saturated heterocycles. The molecule has 5 rings (SSSR count). The summed E-state index contributed by atoms with van der Waals surface area (Å²) in [7, 11) is -0.428. The molecule has 0 spiro atoms. The fraction of sp³-hybridized carbons (Fsp3) is 0.250. The molecule has 3 N–H and O–H groups in total. The molecule has 1 amide bonds. The molecule has 40 heavy (non-hydrogen) atoms. The summed E-state index contributed by atoms with van der Waals surface area (Å²) in [4.78, 5) is 12.9. The van der Waals surface area contributed by atoms with Crippen molar-refractivity contribution < 1.29 is 36.8 Å². The van der Waals surface area contributed by atoms with Gasteiger partial charge in [-0.15, -0.1) is 0 Å². The van der Waals surface area contributed by atoms with Gasteiger partial charge in [0, 0.05) is 47.8 Å². The lowest BCUT2D eigenvalue weighted by atomic mass is 9.79. The SMILES string of the molecule is CNC(=O)c1c(-c2ccc(F)cc2)oc2cc(CN(CCc3ccc(B(O)O)c(F)c3)S(=O)[O-])c(C3CC3)cc12. The number of hydrogen-bond acceptors (Lipinski definition) is 6. The summed E-state index contributed by atoms with van der Waals surface area (Å²) in [6.07, 6.45) is 2.06. The molecule has 1 saturated carbocycles. The maximum absolute atomic E-state index is 14.2. The van der Waals surface area contributed by atoms with Gasteiger partial charge in [0.05, 0.1) is 5.56 Å². The monoisotopic (exact) mass is 567 g/mol. The molecule has 1 aliphatic carbocycles. The maximum atomic E-state index is 14.2. The first-order chi connectivity index (χ1) is 19.2. The van der Waals surface area contributed by atoms with Crippen molar-refractivity contribution in [3.8, 4) is 11.3 Å². The molecule has 4 aromatic rings. The number of nitrogens with one attached hydrogen (secondary N) is 1. The van der Waals surface area contributed by atoms with E-state index in [1.807, 2.05) is 6.07 Å². The third-order valence-corrected chi connectivity index (χ3v) is 7.81. The standard InChI is InChI=1S/C28H27BF2N2O6S/c1-32-28(34)26-22-14-21(17-3-4-17)19(13-25(22)39-27(26)18-5-7-20(30)8-6-18)15-33(40(37)38)11-10-16-2-9-23(29(35)36)24(31)12-16/h2,5-9,12-14,17,35-36H,3-4,10-11,15H2,1H3,(H,32,34)(H,37,38)/p-1. The molecule has 8 nitrogen and oxygen atoms in total. The highest BCUT2D eigenvalue weighted by molar-refractivity contribution is 7.76. The second kappa shape index (κ2) is 11.6. The van der Waals surface area contributed by atoms with Crippen LogP contribution in [0.4, 0.5) is 8.78 Å². The van der Waals surface area contributed by atoms with Crippen LogP contribution in [-0.2, 0) is 24.2 Å². The first-order valence-corrected chi connectivity index (χ1v) is 13.8. The maximum Gasteiger partial charge on any atom is 0.491 e. The number of fused-ring (bicyclic) bond motifs is 1. The lowest BCUT2D eigenvalue weighted by Gasteiger charge is -2.25. The van der Waals surface area contributed by atoms with E-state index in [4.69, 9.17) is 4.42 Å². The second-order valence-electron chi connectivity index (χ2n) is 9.77. The lowest BCUT2D eigenvalue weighted by molar-refractivity contribution is 0.0964. The summed E-state index contributed by atoms with van der Waals surface area (Å²) in [6.45, 7) is 0.0941. The summed E-state index contributed by atoms with van der Waals surface area (Å²) in [5.41, 5.74) is 3.14. The predicted molar refractivity (Wildman–Crippen MR) is 146 cm³/mol. The number of furan rings is 1. The van der Waals surface area contributed by atoms with E-state index in [-0.39, 0.29) is 42.6 Å². The number of nitrogens with zero attached hydrogens (tertiary/aromatic N) is 1. The molecule has 3 aromatic carbocycles. The Morgan fingerprint density at radius 3 is 2.48 bits per heavy atom. The van der Waals surface area contributed by atoms with Crippen LogP contribution in [0.25, 0.3) is 22.3 Å². The third-order valence-electron chi connectivity index (χ3n) is 7.08. The summed E-state index contributed by atoms with van der Waals surface area (Å²) >= 11 is -2.59. The fourth-order valence-electron chi connectivity index (χ4n) is 4.85. The van der Waals surface area contributed by atoms with E-state index in [9.17, 15) is 32.4 Å². The van der Waals surface area contributed by atoms with Gasteiger partial charge < -0.3 is 24.3 Å². The van der Waals surface area contributed by atoms with Crippen LogP contribution >= 0.6 is 0 Å². The number of carbonyl (C=O) groups excluding carboxylic acids is 1. The summed E-state index contributed by atoms with van der Waals surface area (Å²) in [5.74, 6) is -1.06. The zero-order chi connectivity index (χ0) is 28.6. The van der Waals surface area contributed by atoms with Gasteiger partial charge in [-0.3, -0.25) is 9.00 Å². The quantitative estimate of drug-likeness (QED) is 0.200. The smallest absolute Gasteiger partial charge is 0.491 e. The Balaban J connectivity index is 1.49. The van der Waals surface area contributed by atoms with Gasteiger partial charge in [-0.1, -0.05) is 12.1 Å². The van der Waals surface area contributed by atoms with Crippen LogP contribution in [0.1, 0.15) is 45.8 Å². The van der Waals surface area contributed by atoms with Crippen LogP contribution < -0.4 is 10.8 Å². The first kappa shape index (κ1) is 28.1.